The first kappa shape index (κ1) is 20.1. The number of carbonyl (C=O) groups excluding carboxylic acids is 1. The van der Waals surface area contributed by atoms with Gasteiger partial charge in [-0.15, -0.1) is 0 Å². The van der Waals surface area contributed by atoms with Gasteiger partial charge in [-0.2, -0.15) is 0 Å². The lowest BCUT2D eigenvalue weighted by Crippen LogP contribution is -2.39. The van der Waals surface area contributed by atoms with Gasteiger partial charge in [0.25, 0.3) is 5.91 Å². The zero-order chi connectivity index (χ0) is 20.1. The Kier molecular flexibility index (Phi) is 6.45. The summed E-state index contributed by atoms with van der Waals surface area (Å²) < 4.78 is 11.0. The second kappa shape index (κ2) is 9.01. The van der Waals surface area contributed by atoms with Crippen LogP contribution in [0.25, 0.3) is 0 Å². The average molecular weight is 406 g/mol. The van der Waals surface area contributed by atoms with Gasteiger partial charge in [-0.25, -0.2) is 9.78 Å². The van der Waals surface area contributed by atoms with E-state index in [0.29, 0.717) is 31.4 Å². The van der Waals surface area contributed by atoms with Gasteiger partial charge in [-0.05, 0) is 18.2 Å². The highest BCUT2D eigenvalue weighted by Crippen LogP contribution is 2.23. The molecule has 0 saturated carbocycles. The minimum absolute atomic E-state index is 0.0313. The second-order valence-corrected chi connectivity index (χ2v) is 6.69. The van der Waals surface area contributed by atoms with Gasteiger partial charge in [-0.1, -0.05) is 23.7 Å². The highest BCUT2D eigenvalue weighted by molar-refractivity contribution is 6.34. The summed E-state index contributed by atoms with van der Waals surface area (Å²) in [4.78, 5) is 30.0. The Morgan fingerprint density at radius 3 is 2.79 bits per heavy atom. The smallest absolute Gasteiger partial charge is 0.339 e. The number of nitrogens with zero attached hydrogens (tertiary/aromatic N) is 2. The molecule has 2 N–H and O–H groups in total. The predicted molar refractivity (Wildman–Crippen MR) is 104 cm³/mol. The number of ether oxygens (including phenoxy) is 2. The molecule has 9 heteroatoms. The van der Waals surface area contributed by atoms with Gasteiger partial charge in [0.2, 0.25) is 0 Å². The van der Waals surface area contributed by atoms with Crippen molar-refractivity contribution in [3.63, 3.8) is 0 Å². The van der Waals surface area contributed by atoms with Crippen molar-refractivity contribution in [3.8, 4) is 0 Å². The van der Waals surface area contributed by atoms with Crippen molar-refractivity contribution in [1.29, 1.82) is 0 Å². The van der Waals surface area contributed by atoms with Crippen molar-refractivity contribution >= 4 is 35.0 Å². The van der Waals surface area contributed by atoms with Crippen LogP contribution in [-0.4, -0.2) is 61.5 Å². The molecule has 2 aromatic rings. The number of aromatic nitrogens is 1. The Hall–Kier alpha value is -2.68. The SMILES string of the molecule is CN(CC1COCCO1)c1ncc(NC(=O)c2ccccc2Cl)cc1C(=O)O. The third-order valence-electron chi connectivity index (χ3n) is 4.20. The van der Waals surface area contributed by atoms with Crippen molar-refractivity contribution in [1.82, 2.24) is 4.98 Å². The maximum atomic E-state index is 12.4. The number of hydrogen-bond acceptors (Lipinski definition) is 6. The van der Waals surface area contributed by atoms with E-state index in [-0.39, 0.29) is 28.7 Å². The fraction of sp³-hybridized carbons (Fsp3) is 0.316. The van der Waals surface area contributed by atoms with Crippen LogP contribution in [0.3, 0.4) is 0 Å². The van der Waals surface area contributed by atoms with Crippen LogP contribution < -0.4 is 10.2 Å². The topological polar surface area (TPSA) is 101 Å². The van der Waals surface area contributed by atoms with E-state index in [9.17, 15) is 14.7 Å². The zero-order valence-electron chi connectivity index (χ0n) is 15.2. The molecule has 3 rings (SSSR count). The average Bonchev–Trinajstić information content (AvgIpc) is 2.69. The lowest BCUT2D eigenvalue weighted by atomic mass is 10.2. The number of pyridine rings is 1. The van der Waals surface area contributed by atoms with Gasteiger partial charge in [0.15, 0.2) is 0 Å². The Labute approximate surface area is 167 Å². The predicted octanol–water partition coefficient (Wildman–Crippen LogP) is 2.54. The maximum Gasteiger partial charge on any atom is 0.339 e. The number of rotatable bonds is 6. The van der Waals surface area contributed by atoms with Gasteiger partial charge >= 0.3 is 5.97 Å². The normalized spacial score (nSPS) is 16.4. The number of aromatic carboxylic acids is 1. The summed E-state index contributed by atoms with van der Waals surface area (Å²) in [7, 11) is 1.73. The summed E-state index contributed by atoms with van der Waals surface area (Å²) in [6, 6.07) is 7.96. The monoisotopic (exact) mass is 405 g/mol. The molecule has 1 atom stereocenters. The van der Waals surface area contributed by atoms with Crippen molar-refractivity contribution < 1.29 is 24.2 Å². The Morgan fingerprint density at radius 1 is 1.32 bits per heavy atom. The molecule has 1 aliphatic heterocycles. The van der Waals surface area contributed by atoms with E-state index < -0.39 is 11.9 Å². The van der Waals surface area contributed by atoms with Crippen LogP contribution in [0.5, 0.6) is 0 Å². The van der Waals surface area contributed by atoms with Crippen molar-refractivity contribution in [2.75, 3.05) is 43.6 Å². The summed E-state index contributed by atoms with van der Waals surface area (Å²) in [5.74, 6) is -1.32. The maximum absolute atomic E-state index is 12.4. The largest absolute Gasteiger partial charge is 0.478 e. The second-order valence-electron chi connectivity index (χ2n) is 6.28. The molecule has 1 aliphatic rings. The quantitative estimate of drug-likeness (QED) is 0.761. The number of carbonyl (C=O) groups is 2. The van der Waals surface area contributed by atoms with Crippen molar-refractivity contribution in [3.05, 3.63) is 52.7 Å². The molecule has 1 unspecified atom stereocenters. The van der Waals surface area contributed by atoms with E-state index in [2.05, 4.69) is 10.3 Å². The first-order valence-corrected chi connectivity index (χ1v) is 9.03. The molecular weight excluding hydrogens is 386 g/mol. The number of halogens is 1. The van der Waals surface area contributed by atoms with Crippen LogP contribution in [0, 0.1) is 0 Å². The Morgan fingerprint density at radius 2 is 2.11 bits per heavy atom. The third-order valence-corrected chi connectivity index (χ3v) is 4.53. The molecule has 1 fully saturated rings. The molecule has 0 bridgehead atoms. The molecule has 0 spiro atoms. The van der Waals surface area contributed by atoms with Crippen LogP contribution in [0.4, 0.5) is 11.5 Å². The van der Waals surface area contributed by atoms with E-state index in [4.69, 9.17) is 21.1 Å². The minimum Gasteiger partial charge on any atom is -0.478 e. The minimum atomic E-state index is -1.15. The Balaban J connectivity index is 1.78. The van der Waals surface area contributed by atoms with Crippen LogP contribution in [0.15, 0.2) is 36.5 Å². The first-order valence-electron chi connectivity index (χ1n) is 8.65. The number of carboxylic acid groups (broad SMARTS) is 1. The molecule has 1 amide bonds. The molecule has 1 aromatic carbocycles. The number of hydrogen-bond donors (Lipinski definition) is 2. The molecule has 148 valence electrons. The number of nitrogens with one attached hydrogen (secondary N) is 1. The van der Waals surface area contributed by atoms with Crippen LogP contribution in [-0.2, 0) is 9.47 Å². The van der Waals surface area contributed by atoms with E-state index >= 15 is 0 Å². The Bertz CT molecular complexity index is 870. The van der Waals surface area contributed by atoms with E-state index in [1.165, 1.54) is 12.3 Å². The van der Waals surface area contributed by atoms with E-state index in [1.807, 2.05) is 0 Å². The van der Waals surface area contributed by atoms with Gasteiger partial charge < -0.3 is 24.8 Å². The summed E-state index contributed by atoms with van der Waals surface area (Å²) in [5.41, 5.74) is 0.518. The molecule has 28 heavy (non-hydrogen) atoms. The number of carboxylic acids is 1. The van der Waals surface area contributed by atoms with Crippen LogP contribution in [0.2, 0.25) is 5.02 Å². The summed E-state index contributed by atoms with van der Waals surface area (Å²) in [5, 5.41) is 12.5. The third kappa shape index (κ3) is 4.78. The van der Waals surface area contributed by atoms with Gasteiger partial charge in [0.05, 0.1) is 48.4 Å². The van der Waals surface area contributed by atoms with Gasteiger partial charge in [-0.3, -0.25) is 4.79 Å². The van der Waals surface area contributed by atoms with Crippen LogP contribution >= 0.6 is 11.6 Å². The molecule has 8 nitrogen and oxygen atoms in total. The molecule has 0 radical (unpaired) electrons. The fourth-order valence-corrected chi connectivity index (χ4v) is 3.09. The first-order chi connectivity index (χ1) is 13.5. The number of likely N-dealkylation sites (N-methyl/N-ethyl adjacent to an activating group) is 1. The molecule has 2 heterocycles. The molecule has 0 aliphatic carbocycles. The fourth-order valence-electron chi connectivity index (χ4n) is 2.87. The number of amides is 1. The van der Waals surface area contributed by atoms with E-state index in [0.717, 1.165) is 0 Å². The highest BCUT2D eigenvalue weighted by atomic mass is 35.5. The zero-order valence-corrected chi connectivity index (χ0v) is 16.0. The number of benzene rings is 1. The lowest BCUT2D eigenvalue weighted by molar-refractivity contribution is -0.0837. The summed E-state index contributed by atoms with van der Waals surface area (Å²) in [6.45, 7) is 1.93. The molecule has 1 saturated heterocycles. The lowest BCUT2D eigenvalue weighted by Gasteiger charge is -2.28. The molecule has 1 aromatic heterocycles. The van der Waals surface area contributed by atoms with E-state index in [1.54, 1.807) is 36.2 Å². The highest BCUT2D eigenvalue weighted by Gasteiger charge is 2.22. The van der Waals surface area contributed by atoms with Crippen molar-refractivity contribution in [2.45, 2.75) is 6.10 Å². The van der Waals surface area contributed by atoms with Gasteiger partial charge in [0.1, 0.15) is 11.4 Å². The van der Waals surface area contributed by atoms with Crippen LogP contribution in [0.1, 0.15) is 20.7 Å². The summed E-state index contributed by atoms with van der Waals surface area (Å²) >= 11 is 6.03. The summed E-state index contributed by atoms with van der Waals surface area (Å²) in [6.07, 6.45) is 1.24. The standard InChI is InChI=1S/C19H20ClN3O5/c1-23(10-13-11-27-6-7-28-13)17-15(19(25)26)8-12(9-21-17)22-18(24)14-4-2-3-5-16(14)20/h2-5,8-9,13H,6-7,10-11H2,1H3,(H,22,24)(H,25,26). The van der Waals surface area contributed by atoms with Gasteiger partial charge in [0, 0.05) is 13.6 Å². The van der Waals surface area contributed by atoms with Crippen molar-refractivity contribution in [2.24, 2.45) is 0 Å². The number of anilines is 2. The molecular formula is C19H20ClN3O5.